The third-order valence-electron chi connectivity index (χ3n) is 3.29. The van der Waals surface area contributed by atoms with Crippen molar-refractivity contribution in [2.24, 2.45) is 0 Å². The van der Waals surface area contributed by atoms with Crippen LogP contribution >= 0.6 is 0 Å². The molecule has 0 atom stereocenters. The molecule has 1 heterocycles. The molecule has 0 radical (unpaired) electrons. The summed E-state index contributed by atoms with van der Waals surface area (Å²) in [6.45, 7) is 2.86. The van der Waals surface area contributed by atoms with Crippen molar-refractivity contribution in [2.45, 2.75) is 24.8 Å². The Morgan fingerprint density at radius 2 is 2.00 bits per heavy atom. The normalized spacial score (nSPS) is 11.4. The molecule has 0 aliphatic rings. The van der Waals surface area contributed by atoms with Crippen LogP contribution in [0.3, 0.4) is 0 Å². The number of aromatic nitrogens is 2. The highest BCUT2D eigenvalue weighted by Crippen LogP contribution is 2.27. The number of sulfonamides is 1. The van der Waals surface area contributed by atoms with Gasteiger partial charge in [0.2, 0.25) is 10.0 Å². The van der Waals surface area contributed by atoms with E-state index in [1.165, 1.54) is 20.3 Å². The summed E-state index contributed by atoms with van der Waals surface area (Å²) in [5.41, 5.74) is 0.937. The summed E-state index contributed by atoms with van der Waals surface area (Å²) in [7, 11) is -0.754. The number of hydrogen-bond donors (Lipinski definition) is 1. The van der Waals surface area contributed by atoms with Gasteiger partial charge in [0.25, 0.3) is 0 Å². The van der Waals surface area contributed by atoms with E-state index >= 15 is 0 Å². The largest absolute Gasteiger partial charge is 0.497 e. The van der Waals surface area contributed by atoms with Gasteiger partial charge in [0.15, 0.2) is 0 Å². The fourth-order valence-electron chi connectivity index (χ4n) is 2.11. The van der Waals surface area contributed by atoms with E-state index in [-0.39, 0.29) is 10.6 Å². The van der Waals surface area contributed by atoms with Crippen LogP contribution in [0.5, 0.6) is 11.5 Å². The molecule has 0 aliphatic heterocycles. The second-order valence-electron chi connectivity index (χ2n) is 4.99. The van der Waals surface area contributed by atoms with E-state index in [0.717, 1.165) is 5.69 Å². The van der Waals surface area contributed by atoms with Crippen molar-refractivity contribution in [1.29, 1.82) is 0 Å². The van der Waals surface area contributed by atoms with Crippen molar-refractivity contribution in [3.05, 3.63) is 36.2 Å². The Balaban J connectivity index is 2.01. The van der Waals surface area contributed by atoms with Crippen molar-refractivity contribution in [3.63, 3.8) is 0 Å². The average Bonchev–Trinajstić information content (AvgIpc) is 2.96. The lowest BCUT2D eigenvalue weighted by Crippen LogP contribution is -2.26. The second-order valence-corrected chi connectivity index (χ2v) is 6.72. The Labute approximate surface area is 136 Å². The van der Waals surface area contributed by atoms with Crippen molar-refractivity contribution in [3.8, 4) is 11.5 Å². The molecule has 1 aromatic heterocycles. The van der Waals surface area contributed by atoms with Gasteiger partial charge in [-0.15, -0.1) is 0 Å². The van der Waals surface area contributed by atoms with Crippen LogP contribution in [0.25, 0.3) is 0 Å². The topological polar surface area (TPSA) is 82.5 Å². The first-order valence-corrected chi connectivity index (χ1v) is 8.66. The zero-order valence-corrected chi connectivity index (χ0v) is 14.3. The Morgan fingerprint density at radius 1 is 1.22 bits per heavy atom. The monoisotopic (exact) mass is 339 g/mol. The molecule has 23 heavy (non-hydrogen) atoms. The Morgan fingerprint density at radius 3 is 2.61 bits per heavy atom. The summed E-state index contributed by atoms with van der Waals surface area (Å²) in [6.07, 6.45) is 2.50. The van der Waals surface area contributed by atoms with E-state index in [1.54, 1.807) is 16.8 Å². The van der Waals surface area contributed by atoms with Crippen LogP contribution < -0.4 is 14.2 Å². The number of rotatable bonds is 8. The summed E-state index contributed by atoms with van der Waals surface area (Å²) in [5, 5.41) is 4.26. The molecule has 2 rings (SSSR count). The van der Waals surface area contributed by atoms with Gasteiger partial charge in [0, 0.05) is 25.4 Å². The quantitative estimate of drug-likeness (QED) is 0.738. The maximum Gasteiger partial charge on any atom is 0.244 e. The van der Waals surface area contributed by atoms with Gasteiger partial charge in [-0.1, -0.05) is 0 Å². The molecule has 2 aromatic rings. The Kier molecular flexibility index (Phi) is 5.62. The van der Waals surface area contributed by atoms with Gasteiger partial charge >= 0.3 is 0 Å². The van der Waals surface area contributed by atoms with Gasteiger partial charge in [-0.2, -0.15) is 5.10 Å². The fraction of sp³-hybridized carbons (Fsp3) is 0.400. The maximum atomic E-state index is 12.4. The minimum Gasteiger partial charge on any atom is -0.497 e. The molecule has 0 fully saturated rings. The van der Waals surface area contributed by atoms with E-state index < -0.39 is 10.0 Å². The lowest BCUT2D eigenvalue weighted by Gasteiger charge is -2.12. The fourth-order valence-corrected chi connectivity index (χ4v) is 3.36. The van der Waals surface area contributed by atoms with Gasteiger partial charge in [-0.3, -0.25) is 4.68 Å². The van der Waals surface area contributed by atoms with Crippen LogP contribution in [0.15, 0.2) is 35.4 Å². The lowest BCUT2D eigenvalue weighted by molar-refractivity contribution is 0.392. The SMILES string of the molecule is COc1ccc(OC)c(S(=O)(=O)NCCCn2ccc(C)n2)c1. The number of hydrogen-bond acceptors (Lipinski definition) is 5. The smallest absolute Gasteiger partial charge is 0.244 e. The molecule has 0 unspecified atom stereocenters. The van der Waals surface area contributed by atoms with Gasteiger partial charge in [0.05, 0.1) is 19.9 Å². The Hall–Kier alpha value is -2.06. The average molecular weight is 339 g/mol. The maximum absolute atomic E-state index is 12.4. The lowest BCUT2D eigenvalue weighted by atomic mass is 10.3. The van der Waals surface area contributed by atoms with Crippen LogP contribution in [0.2, 0.25) is 0 Å². The van der Waals surface area contributed by atoms with E-state index in [2.05, 4.69) is 9.82 Å². The molecule has 0 amide bonds. The highest BCUT2D eigenvalue weighted by atomic mass is 32.2. The summed E-state index contributed by atoms with van der Waals surface area (Å²) in [5.74, 6) is 0.735. The molecular weight excluding hydrogens is 318 g/mol. The first kappa shape index (κ1) is 17.3. The molecule has 0 saturated heterocycles. The number of nitrogens with one attached hydrogen (secondary N) is 1. The van der Waals surface area contributed by atoms with E-state index in [0.29, 0.717) is 25.3 Å². The summed E-state index contributed by atoms with van der Waals surface area (Å²) < 4.78 is 39.4. The summed E-state index contributed by atoms with van der Waals surface area (Å²) in [6, 6.07) is 6.57. The van der Waals surface area contributed by atoms with Crippen molar-refractivity contribution in [2.75, 3.05) is 20.8 Å². The molecule has 126 valence electrons. The first-order chi connectivity index (χ1) is 11.0. The molecule has 1 N–H and O–H groups in total. The van der Waals surface area contributed by atoms with Crippen LogP contribution in [-0.4, -0.2) is 39.0 Å². The Bertz CT molecular complexity index is 756. The van der Waals surface area contributed by atoms with Crippen molar-refractivity contribution in [1.82, 2.24) is 14.5 Å². The van der Waals surface area contributed by atoms with E-state index in [4.69, 9.17) is 9.47 Å². The second kappa shape index (κ2) is 7.47. The molecule has 0 aliphatic carbocycles. The highest BCUT2D eigenvalue weighted by Gasteiger charge is 2.20. The number of benzene rings is 1. The summed E-state index contributed by atoms with van der Waals surface area (Å²) >= 11 is 0. The zero-order chi connectivity index (χ0) is 16.9. The van der Waals surface area contributed by atoms with Gasteiger partial charge in [-0.05, 0) is 31.5 Å². The summed E-state index contributed by atoms with van der Waals surface area (Å²) in [4.78, 5) is 0.0642. The highest BCUT2D eigenvalue weighted by molar-refractivity contribution is 7.89. The molecule has 8 heteroatoms. The van der Waals surface area contributed by atoms with Crippen LogP contribution in [-0.2, 0) is 16.6 Å². The van der Waals surface area contributed by atoms with Gasteiger partial charge in [0.1, 0.15) is 16.4 Å². The first-order valence-electron chi connectivity index (χ1n) is 7.18. The van der Waals surface area contributed by atoms with Crippen molar-refractivity contribution < 1.29 is 17.9 Å². The van der Waals surface area contributed by atoms with E-state index in [1.807, 2.05) is 19.2 Å². The third-order valence-corrected chi connectivity index (χ3v) is 4.77. The predicted octanol–water partition coefficient (Wildman–Crippen LogP) is 1.58. The van der Waals surface area contributed by atoms with Crippen LogP contribution in [0.1, 0.15) is 12.1 Å². The predicted molar refractivity (Wildman–Crippen MR) is 86.3 cm³/mol. The van der Waals surface area contributed by atoms with Crippen LogP contribution in [0.4, 0.5) is 0 Å². The number of ether oxygens (including phenoxy) is 2. The van der Waals surface area contributed by atoms with Crippen molar-refractivity contribution >= 4 is 10.0 Å². The number of methoxy groups -OCH3 is 2. The third kappa shape index (κ3) is 4.46. The molecule has 0 saturated carbocycles. The number of nitrogens with zero attached hydrogens (tertiary/aromatic N) is 2. The molecule has 7 nitrogen and oxygen atoms in total. The molecule has 1 aromatic carbocycles. The van der Waals surface area contributed by atoms with Gasteiger partial charge in [-0.25, -0.2) is 13.1 Å². The molecule has 0 bridgehead atoms. The van der Waals surface area contributed by atoms with Gasteiger partial charge < -0.3 is 9.47 Å². The van der Waals surface area contributed by atoms with E-state index in [9.17, 15) is 8.42 Å². The zero-order valence-electron chi connectivity index (χ0n) is 13.4. The minimum atomic E-state index is -3.67. The number of aryl methyl sites for hydroxylation is 2. The standard InChI is InChI=1S/C15H21N3O4S/c1-12-7-10-18(17-12)9-4-8-16-23(19,20)15-11-13(21-2)5-6-14(15)22-3/h5-7,10-11,16H,4,8-9H2,1-3H3. The minimum absolute atomic E-state index is 0.0642. The van der Waals surface area contributed by atoms with Crippen LogP contribution in [0, 0.1) is 6.92 Å². The molecule has 0 spiro atoms. The molecular formula is C15H21N3O4S.